The number of nitrogens with zero attached hydrogens (tertiary/aromatic N) is 1. The fourth-order valence-electron chi connectivity index (χ4n) is 2.79. The van der Waals surface area contributed by atoms with Gasteiger partial charge in [0.15, 0.2) is 0 Å². The van der Waals surface area contributed by atoms with Crippen LogP contribution in [0.2, 0.25) is 0 Å². The average molecular weight is 320 g/mol. The summed E-state index contributed by atoms with van der Waals surface area (Å²) in [5.41, 5.74) is 7.57. The quantitative estimate of drug-likeness (QED) is 0.785. The lowest BCUT2D eigenvalue weighted by molar-refractivity contribution is -0.139. The van der Waals surface area contributed by atoms with Crippen molar-refractivity contribution in [1.82, 2.24) is 4.90 Å². The lowest BCUT2D eigenvalue weighted by Crippen LogP contribution is -2.45. The van der Waals surface area contributed by atoms with Gasteiger partial charge in [0, 0.05) is 18.7 Å². The highest BCUT2D eigenvalue weighted by atomic mass is 32.2. The SMILES string of the molecule is CCCCSCCC(=O)N1CCc2ccccc2[C@H]1C(N)=O. The van der Waals surface area contributed by atoms with Crippen molar-refractivity contribution in [1.29, 1.82) is 0 Å². The third-order valence-corrected chi connectivity index (χ3v) is 5.05. The largest absolute Gasteiger partial charge is 0.368 e. The molecule has 2 rings (SSSR count). The first-order chi connectivity index (χ1) is 10.6. The van der Waals surface area contributed by atoms with Gasteiger partial charge in [0.05, 0.1) is 0 Å². The van der Waals surface area contributed by atoms with Crippen LogP contribution in [0.5, 0.6) is 0 Å². The fraction of sp³-hybridized carbons (Fsp3) is 0.529. The zero-order chi connectivity index (χ0) is 15.9. The molecule has 0 saturated heterocycles. The molecule has 0 aromatic heterocycles. The molecule has 0 bridgehead atoms. The van der Waals surface area contributed by atoms with E-state index in [1.54, 1.807) is 16.7 Å². The number of nitrogens with two attached hydrogens (primary N) is 1. The topological polar surface area (TPSA) is 63.4 Å². The molecule has 0 radical (unpaired) electrons. The van der Waals surface area contributed by atoms with Crippen LogP contribution in [0.1, 0.15) is 43.4 Å². The molecule has 0 saturated carbocycles. The van der Waals surface area contributed by atoms with E-state index in [-0.39, 0.29) is 5.91 Å². The number of rotatable bonds is 7. The van der Waals surface area contributed by atoms with Crippen LogP contribution in [0.15, 0.2) is 24.3 Å². The van der Waals surface area contributed by atoms with Gasteiger partial charge in [-0.1, -0.05) is 37.6 Å². The Morgan fingerprint density at radius 2 is 2.09 bits per heavy atom. The highest BCUT2D eigenvalue weighted by Gasteiger charge is 2.33. The Morgan fingerprint density at radius 1 is 1.32 bits per heavy atom. The van der Waals surface area contributed by atoms with E-state index in [1.807, 2.05) is 24.3 Å². The molecular weight excluding hydrogens is 296 g/mol. The van der Waals surface area contributed by atoms with Crippen LogP contribution >= 0.6 is 11.8 Å². The van der Waals surface area contributed by atoms with Crippen molar-refractivity contribution < 1.29 is 9.59 Å². The molecule has 1 aliphatic rings. The van der Waals surface area contributed by atoms with Crippen molar-refractivity contribution in [3.8, 4) is 0 Å². The Balaban J connectivity index is 2.01. The Bertz CT molecular complexity index is 533. The van der Waals surface area contributed by atoms with Crippen LogP contribution in [-0.2, 0) is 16.0 Å². The zero-order valence-electron chi connectivity index (χ0n) is 13.1. The lowest BCUT2D eigenvalue weighted by atomic mass is 9.92. The van der Waals surface area contributed by atoms with E-state index in [0.29, 0.717) is 13.0 Å². The summed E-state index contributed by atoms with van der Waals surface area (Å²) < 4.78 is 0. The summed E-state index contributed by atoms with van der Waals surface area (Å²) in [6.07, 6.45) is 3.61. The maximum absolute atomic E-state index is 12.5. The molecule has 5 heteroatoms. The van der Waals surface area contributed by atoms with Gasteiger partial charge in [-0.3, -0.25) is 9.59 Å². The van der Waals surface area contributed by atoms with Crippen molar-refractivity contribution in [2.24, 2.45) is 5.73 Å². The maximum Gasteiger partial charge on any atom is 0.244 e. The number of thioether (sulfide) groups is 1. The molecule has 120 valence electrons. The van der Waals surface area contributed by atoms with Gasteiger partial charge >= 0.3 is 0 Å². The third-order valence-electron chi connectivity index (χ3n) is 3.98. The van der Waals surface area contributed by atoms with Crippen LogP contribution in [0.4, 0.5) is 0 Å². The minimum absolute atomic E-state index is 0.0299. The molecule has 1 heterocycles. The molecule has 1 aromatic carbocycles. The monoisotopic (exact) mass is 320 g/mol. The van der Waals surface area contributed by atoms with Crippen molar-refractivity contribution in [2.45, 2.75) is 38.6 Å². The average Bonchev–Trinajstić information content (AvgIpc) is 2.53. The number of primary amides is 1. The maximum atomic E-state index is 12.5. The van der Waals surface area contributed by atoms with Crippen molar-refractivity contribution in [2.75, 3.05) is 18.1 Å². The Kier molecular flexibility index (Phi) is 6.31. The van der Waals surface area contributed by atoms with E-state index in [1.165, 1.54) is 12.8 Å². The molecule has 0 unspecified atom stereocenters. The van der Waals surface area contributed by atoms with Gasteiger partial charge in [0.25, 0.3) is 0 Å². The predicted molar refractivity (Wildman–Crippen MR) is 90.6 cm³/mol. The van der Waals surface area contributed by atoms with Crippen molar-refractivity contribution in [3.63, 3.8) is 0 Å². The molecule has 22 heavy (non-hydrogen) atoms. The van der Waals surface area contributed by atoms with Gasteiger partial charge < -0.3 is 10.6 Å². The number of carbonyl (C=O) groups is 2. The third kappa shape index (κ3) is 4.03. The number of hydrogen-bond donors (Lipinski definition) is 1. The van der Waals surface area contributed by atoms with Crippen LogP contribution in [-0.4, -0.2) is 34.8 Å². The van der Waals surface area contributed by atoms with Crippen LogP contribution in [0.3, 0.4) is 0 Å². The molecule has 1 aromatic rings. The van der Waals surface area contributed by atoms with Crippen molar-refractivity contribution >= 4 is 23.6 Å². The van der Waals surface area contributed by atoms with E-state index in [4.69, 9.17) is 5.73 Å². The summed E-state index contributed by atoms with van der Waals surface area (Å²) in [6.45, 7) is 2.73. The number of fused-ring (bicyclic) bond motifs is 1. The highest BCUT2D eigenvalue weighted by Crippen LogP contribution is 2.30. The normalized spacial score (nSPS) is 17.1. The van der Waals surface area contributed by atoms with Gasteiger partial charge in [0.2, 0.25) is 11.8 Å². The first kappa shape index (κ1) is 16.9. The standard InChI is InChI=1S/C17H24N2O2S/c1-2-3-11-22-12-9-15(20)19-10-8-13-6-4-5-7-14(13)16(19)17(18)21/h4-7,16H,2-3,8-12H2,1H3,(H2,18,21)/t16-/m0/s1. The molecule has 0 spiro atoms. The smallest absolute Gasteiger partial charge is 0.244 e. The molecular formula is C17H24N2O2S. The number of hydrogen-bond acceptors (Lipinski definition) is 3. The predicted octanol–water partition coefficient (Wildman–Crippen LogP) is 2.52. The summed E-state index contributed by atoms with van der Waals surface area (Å²) in [4.78, 5) is 26.0. The van der Waals surface area contributed by atoms with E-state index in [2.05, 4.69) is 6.92 Å². The van der Waals surface area contributed by atoms with E-state index < -0.39 is 11.9 Å². The van der Waals surface area contributed by atoms with E-state index in [0.717, 1.165) is 29.1 Å². The summed E-state index contributed by atoms with van der Waals surface area (Å²) in [5.74, 6) is 1.48. The number of benzene rings is 1. The Hall–Kier alpha value is -1.49. The van der Waals surface area contributed by atoms with Crippen LogP contribution in [0, 0.1) is 0 Å². The summed E-state index contributed by atoms with van der Waals surface area (Å²) in [7, 11) is 0. The number of carbonyl (C=O) groups excluding carboxylic acids is 2. The molecule has 4 nitrogen and oxygen atoms in total. The Morgan fingerprint density at radius 3 is 2.82 bits per heavy atom. The molecule has 2 amide bonds. The summed E-state index contributed by atoms with van der Waals surface area (Å²) in [5, 5.41) is 0. The Labute approximate surface area is 136 Å². The highest BCUT2D eigenvalue weighted by molar-refractivity contribution is 7.99. The molecule has 0 aliphatic carbocycles. The van der Waals surface area contributed by atoms with E-state index >= 15 is 0 Å². The van der Waals surface area contributed by atoms with E-state index in [9.17, 15) is 9.59 Å². The van der Waals surface area contributed by atoms with Crippen LogP contribution < -0.4 is 5.73 Å². The molecule has 0 fully saturated rings. The van der Waals surface area contributed by atoms with Crippen molar-refractivity contribution in [3.05, 3.63) is 35.4 Å². The first-order valence-electron chi connectivity index (χ1n) is 7.89. The van der Waals surface area contributed by atoms with Gasteiger partial charge in [-0.15, -0.1) is 0 Å². The molecule has 2 N–H and O–H groups in total. The molecule has 1 aliphatic heterocycles. The van der Waals surface area contributed by atoms with Gasteiger partial charge in [-0.05, 0) is 29.7 Å². The number of amides is 2. The summed E-state index contributed by atoms with van der Waals surface area (Å²) >= 11 is 1.80. The summed E-state index contributed by atoms with van der Waals surface area (Å²) in [6, 6.07) is 7.15. The fourth-order valence-corrected chi connectivity index (χ4v) is 3.81. The minimum Gasteiger partial charge on any atom is -0.368 e. The second-order valence-electron chi connectivity index (χ2n) is 5.56. The minimum atomic E-state index is -0.613. The van der Waals surface area contributed by atoms with Gasteiger partial charge in [-0.25, -0.2) is 0 Å². The van der Waals surface area contributed by atoms with Gasteiger partial charge in [0.1, 0.15) is 6.04 Å². The van der Waals surface area contributed by atoms with Gasteiger partial charge in [-0.2, -0.15) is 11.8 Å². The molecule has 1 atom stereocenters. The number of unbranched alkanes of at least 4 members (excludes halogenated alkanes) is 1. The lowest BCUT2D eigenvalue weighted by Gasteiger charge is -2.35. The zero-order valence-corrected chi connectivity index (χ0v) is 13.9. The van der Waals surface area contributed by atoms with Crippen LogP contribution in [0.25, 0.3) is 0 Å². The second-order valence-corrected chi connectivity index (χ2v) is 6.78. The second kappa shape index (κ2) is 8.22. The first-order valence-corrected chi connectivity index (χ1v) is 9.05.